The van der Waals surface area contributed by atoms with Crippen LogP contribution in [0.2, 0.25) is 0 Å². The molecule has 10 heavy (non-hydrogen) atoms. The zero-order chi connectivity index (χ0) is 7.98. The van der Waals surface area contributed by atoms with E-state index in [9.17, 15) is 0 Å². The van der Waals surface area contributed by atoms with Gasteiger partial charge in [0.2, 0.25) is 0 Å². The second-order valence-electron chi connectivity index (χ2n) is 1.96. The van der Waals surface area contributed by atoms with Crippen LogP contribution in [0.25, 0.3) is 0 Å². The average molecular weight is 136 g/mol. The molecular formula is C8H12N2. The summed E-state index contributed by atoms with van der Waals surface area (Å²) >= 11 is 0. The summed E-state index contributed by atoms with van der Waals surface area (Å²) in [6.07, 6.45) is 3.13. The third-order valence-corrected chi connectivity index (χ3v) is 0.750. The lowest BCUT2D eigenvalue weighted by atomic mass is 10.4. The lowest BCUT2D eigenvalue weighted by molar-refractivity contribution is 1.47. The minimum absolute atomic E-state index is 0.693. The third kappa shape index (κ3) is 4.97. The van der Waals surface area contributed by atoms with Gasteiger partial charge >= 0.3 is 0 Å². The van der Waals surface area contributed by atoms with Crippen LogP contribution in [0.5, 0.6) is 0 Å². The third-order valence-electron chi connectivity index (χ3n) is 0.750. The molecule has 0 heterocycles. The minimum atomic E-state index is 0.693. The van der Waals surface area contributed by atoms with Gasteiger partial charge < -0.3 is 0 Å². The first kappa shape index (κ1) is 8.82. The standard InChI is InChI=1S/C8H12N2/c1-5-9-8(4)10-6-7(2)3/h5-6H,1-2H2,3-4H3/b9-8-,10-6-. The van der Waals surface area contributed by atoms with Crippen LogP contribution in [0.15, 0.2) is 34.9 Å². The molecule has 0 saturated heterocycles. The quantitative estimate of drug-likeness (QED) is 0.410. The highest BCUT2D eigenvalue weighted by Gasteiger charge is 1.79. The normalized spacial score (nSPS) is 12.0. The van der Waals surface area contributed by atoms with E-state index in [1.807, 2.05) is 6.92 Å². The van der Waals surface area contributed by atoms with Crippen molar-refractivity contribution in [2.75, 3.05) is 0 Å². The fourth-order valence-electron chi connectivity index (χ4n) is 0.369. The number of hydrogen-bond donors (Lipinski definition) is 0. The number of rotatable bonds is 2. The summed E-state index contributed by atoms with van der Waals surface area (Å²) in [5, 5.41) is 0. The molecule has 2 nitrogen and oxygen atoms in total. The first-order chi connectivity index (χ1) is 4.66. The van der Waals surface area contributed by atoms with Crippen molar-refractivity contribution in [2.24, 2.45) is 9.98 Å². The number of nitrogens with zero attached hydrogens (tertiary/aromatic N) is 2. The summed E-state index contributed by atoms with van der Waals surface area (Å²) in [6, 6.07) is 0. The topological polar surface area (TPSA) is 24.7 Å². The fourth-order valence-corrected chi connectivity index (χ4v) is 0.369. The maximum Gasteiger partial charge on any atom is 0.125 e. The lowest BCUT2D eigenvalue weighted by Gasteiger charge is -1.86. The van der Waals surface area contributed by atoms with Crippen LogP contribution in [0.1, 0.15) is 13.8 Å². The highest BCUT2D eigenvalue weighted by atomic mass is 14.9. The Labute approximate surface area is 61.7 Å². The number of allylic oxidation sites excluding steroid dienone is 1. The lowest BCUT2D eigenvalue weighted by Crippen LogP contribution is -1.85. The van der Waals surface area contributed by atoms with E-state index in [0.717, 1.165) is 5.57 Å². The van der Waals surface area contributed by atoms with E-state index >= 15 is 0 Å². The van der Waals surface area contributed by atoms with Crippen LogP contribution in [-0.2, 0) is 0 Å². The molecule has 0 unspecified atom stereocenters. The first-order valence-electron chi connectivity index (χ1n) is 3.01. The molecule has 0 spiro atoms. The molecule has 0 aliphatic carbocycles. The highest BCUT2D eigenvalue weighted by molar-refractivity contribution is 5.92. The van der Waals surface area contributed by atoms with Gasteiger partial charge in [0.25, 0.3) is 0 Å². The molecule has 0 N–H and O–H groups in total. The summed E-state index contributed by atoms with van der Waals surface area (Å²) < 4.78 is 0. The summed E-state index contributed by atoms with van der Waals surface area (Å²) in [5.41, 5.74) is 0.915. The summed E-state index contributed by atoms with van der Waals surface area (Å²) in [5.74, 6) is 0.693. The van der Waals surface area contributed by atoms with E-state index in [0.29, 0.717) is 5.84 Å². The van der Waals surface area contributed by atoms with Crippen LogP contribution in [0.4, 0.5) is 0 Å². The molecule has 0 bridgehead atoms. The SMILES string of the molecule is C=C/N=C(C)\N=C/C(=C)C. The van der Waals surface area contributed by atoms with Crippen molar-refractivity contribution in [3.63, 3.8) is 0 Å². The molecule has 0 aromatic carbocycles. The second kappa shape index (κ2) is 4.68. The van der Waals surface area contributed by atoms with Gasteiger partial charge in [-0.25, -0.2) is 9.98 Å². The molecule has 54 valence electrons. The van der Waals surface area contributed by atoms with Gasteiger partial charge in [-0.3, -0.25) is 0 Å². The van der Waals surface area contributed by atoms with Gasteiger partial charge in [-0.15, -0.1) is 0 Å². The van der Waals surface area contributed by atoms with Gasteiger partial charge in [-0.05, 0) is 19.4 Å². The number of aliphatic imine (C=N–C) groups is 2. The molecule has 0 aromatic heterocycles. The Morgan fingerprint density at radius 1 is 1.40 bits per heavy atom. The Kier molecular flexibility index (Phi) is 4.12. The molecule has 0 amide bonds. The Balaban J connectivity index is 4.01. The maximum atomic E-state index is 3.97. The Hall–Kier alpha value is -1.18. The van der Waals surface area contributed by atoms with Gasteiger partial charge in [0.1, 0.15) is 5.84 Å². The van der Waals surface area contributed by atoms with Crippen molar-refractivity contribution >= 4 is 12.1 Å². The van der Waals surface area contributed by atoms with Crippen molar-refractivity contribution in [2.45, 2.75) is 13.8 Å². The van der Waals surface area contributed by atoms with Gasteiger partial charge in [-0.1, -0.05) is 13.2 Å². The molecule has 0 aromatic rings. The van der Waals surface area contributed by atoms with Crippen LogP contribution in [0, 0.1) is 0 Å². The molecule has 0 atom stereocenters. The molecule has 0 rings (SSSR count). The molecule has 0 aliphatic heterocycles. The van der Waals surface area contributed by atoms with E-state index in [-0.39, 0.29) is 0 Å². The van der Waals surface area contributed by atoms with Crippen molar-refractivity contribution < 1.29 is 0 Å². The van der Waals surface area contributed by atoms with Crippen LogP contribution in [-0.4, -0.2) is 12.1 Å². The van der Waals surface area contributed by atoms with Crippen LogP contribution >= 0.6 is 0 Å². The molecule has 0 radical (unpaired) electrons. The Morgan fingerprint density at radius 2 is 2.00 bits per heavy atom. The number of amidine groups is 1. The average Bonchev–Trinajstić information content (AvgIpc) is 1.85. The molecule has 2 heteroatoms. The van der Waals surface area contributed by atoms with Crippen molar-refractivity contribution in [3.05, 3.63) is 24.9 Å². The summed E-state index contributed by atoms with van der Waals surface area (Å²) in [7, 11) is 0. The Morgan fingerprint density at radius 3 is 2.40 bits per heavy atom. The van der Waals surface area contributed by atoms with Gasteiger partial charge in [0.05, 0.1) is 0 Å². The van der Waals surface area contributed by atoms with Gasteiger partial charge in [0.15, 0.2) is 0 Å². The molecule has 0 fully saturated rings. The zero-order valence-electron chi connectivity index (χ0n) is 6.46. The van der Waals surface area contributed by atoms with E-state index in [1.54, 1.807) is 13.1 Å². The van der Waals surface area contributed by atoms with Crippen LogP contribution in [0.3, 0.4) is 0 Å². The van der Waals surface area contributed by atoms with Crippen molar-refractivity contribution in [1.29, 1.82) is 0 Å². The van der Waals surface area contributed by atoms with E-state index in [1.165, 1.54) is 6.20 Å². The summed E-state index contributed by atoms with van der Waals surface area (Å²) in [6.45, 7) is 10.8. The predicted octanol–water partition coefficient (Wildman–Crippen LogP) is 2.20. The van der Waals surface area contributed by atoms with Gasteiger partial charge in [-0.2, -0.15) is 0 Å². The first-order valence-corrected chi connectivity index (χ1v) is 3.01. The largest absolute Gasteiger partial charge is 0.242 e. The molecular weight excluding hydrogens is 124 g/mol. The maximum absolute atomic E-state index is 3.97. The fraction of sp³-hybridized carbons (Fsp3) is 0.250. The summed E-state index contributed by atoms with van der Waals surface area (Å²) in [4.78, 5) is 7.81. The number of hydrogen-bond acceptors (Lipinski definition) is 1. The predicted molar refractivity (Wildman–Crippen MR) is 46.6 cm³/mol. The molecule has 0 aliphatic rings. The monoisotopic (exact) mass is 136 g/mol. The van der Waals surface area contributed by atoms with Crippen LogP contribution < -0.4 is 0 Å². The van der Waals surface area contributed by atoms with Gasteiger partial charge in [0, 0.05) is 12.4 Å². The Bertz CT molecular complexity index is 187. The minimum Gasteiger partial charge on any atom is -0.242 e. The van der Waals surface area contributed by atoms with Crippen molar-refractivity contribution in [3.8, 4) is 0 Å². The zero-order valence-corrected chi connectivity index (χ0v) is 6.46. The molecule has 0 saturated carbocycles. The van der Waals surface area contributed by atoms with E-state index in [2.05, 4.69) is 23.1 Å². The smallest absolute Gasteiger partial charge is 0.125 e. The van der Waals surface area contributed by atoms with Crippen molar-refractivity contribution in [1.82, 2.24) is 0 Å². The second-order valence-corrected chi connectivity index (χ2v) is 1.96. The highest BCUT2D eigenvalue weighted by Crippen LogP contribution is 1.83. The van der Waals surface area contributed by atoms with E-state index in [4.69, 9.17) is 0 Å². The van der Waals surface area contributed by atoms with E-state index < -0.39 is 0 Å².